The Morgan fingerprint density at radius 3 is 2.42 bits per heavy atom. The molecule has 2 amide bonds. The van der Waals surface area contributed by atoms with E-state index >= 15 is 0 Å². The zero-order valence-corrected chi connectivity index (χ0v) is 17.3. The molecule has 0 saturated carbocycles. The van der Waals surface area contributed by atoms with Crippen LogP contribution in [-0.4, -0.2) is 46.1 Å². The summed E-state index contributed by atoms with van der Waals surface area (Å²) in [7, 11) is -3.72. The zero-order valence-electron chi connectivity index (χ0n) is 16.5. The Balaban J connectivity index is 1.45. The first kappa shape index (κ1) is 22.7. The van der Waals surface area contributed by atoms with Gasteiger partial charge >= 0.3 is 0 Å². The number of hydrogen-bond donors (Lipinski definition) is 3. The van der Waals surface area contributed by atoms with Crippen molar-refractivity contribution < 1.29 is 31.9 Å². The number of ether oxygens (including phenoxy) is 2. The third-order valence-corrected chi connectivity index (χ3v) is 5.89. The Hall–Kier alpha value is -3.02. The van der Waals surface area contributed by atoms with Crippen molar-refractivity contribution in [2.24, 2.45) is 0 Å². The Morgan fingerprint density at radius 2 is 1.77 bits per heavy atom. The topological polar surface area (TPSA) is 123 Å². The summed E-state index contributed by atoms with van der Waals surface area (Å²) in [5.41, 5.74) is 4.53. The summed E-state index contributed by atoms with van der Waals surface area (Å²) in [5.74, 6) is -1.39. The van der Waals surface area contributed by atoms with Gasteiger partial charge in [0.2, 0.25) is 10.0 Å². The predicted molar refractivity (Wildman–Crippen MR) is 108 cm³/mol. The maximum absolute atomic E-state index is 12.8. The molecule has 3 rings (SSSR count). The van der Waals surface area contributed by atoms with Crippen LogP contribution in [0.3, 0.4) is 0 Å². The summed E-state index contributed by atoms with van der Waals surface area (Å²) in [6.45, 7) is 0.432. The van der Waals surface area contributed by atoms with Crippen molar-refractivity contribution in [1.29, 1.82) is 0 Å². The summed E-state index contributed by atoms with van der Waals surface area (Å²) in [5, 5.41) is 0. The first-order valence-electron chi connectivity index (χ1n) is 9.52. The Morgan fingerprint density at radius 1 is 1.06 bits per heavy atom. The van der Waals surface area contributed by atoms with E-state index in [-0.39, 0.29) is 29.7 Å². The average Bonchev–Trinajstić information content (AvgIpc) is 3.30. The normalized spacial score (nSPS) is 16.0. The number of hydrogen-bond acceptors (Lipinski definition) is 6. The van der Waals surface area contributed by atoms with E-state index in [0.717, 1.165) is 12.8 Å². The first-order chi connectivity index (χ1) is 14.8. The molecule has 31 heavy (non-hydrogen) atoms. The molecule has 0 spiro atoms. The van der Waals surface area contributed by atoms with E-state index < -0.39 is 27.7 Å². The third kappa shape index (κ3) is 6.74. The minimum atomic E-state index is -3.72. The molecule has 9 nitrogen and oxygen atoms in total. The van der Waals surface area contributed by atoms with E-state index in [1.54, 1.807) is 0 Å². The molecule has 0 aliphatic carbocycles. The van der Waals surface area contributed by atoms with E-state index in [2.05, 4.69) is 15.6 Å². The summed E-state index contributed by atoms with van der Waals surface area (Å²) in [4.78, 5) is 23.9. The van der Waals surface area contributed by atoms with Crippen molar-refractivity contribution in [1.82, 2.24) is 15.6 Å². The van der Waals surface area contributed by atoms with Crippen LogP contribution in [0.2, 0.25) is 0 Å². The molecule has 11 heteroatoms. The Bertz CT molecular complexity index is 1010. The number of benzene rings is 2. The van der Waals surface area contributed by atoms with Crippen molar-refractivity contribution in [3.63, 3.8) is 0 Å². The van der Waals surface area contributed by atoms with Gasteiger partial charge in [-0.05, 0) is 61.4 Å². The smallest absolute Gasteiger partial charge is 0.276 e. The quantitative estimate of drug-likeness (QED) is 0.517. The summed E-state index contributed by atoms with van der Waals surface area (Å²) in [6, 6.07) is 10.4. The minimum absolute atomic E-state index is 0.0128. The number of carbonyl (C=O) groups excluding carboxylic acids is 2. The lowest BCUT2D eigenvalue weighted by Gasteiger charge is -2.12. The summed E-state index contributed by atoms with van der Waals surface area (Å²) in [6.07, 6.45) is 1.59. The van der Waals surface area contributed by atoms with Gasteiger partial charge < -0.3 is 9.47 Å². The molecule has 1 saturated heterocycles. The number of nitrogens with one attached hydrogen (secondary N) is 3. The van der Waals surface area contributed by atoms with Crippen LogP contribution in [0.1, 0.15) is 23.2 Å². The highest BCUT2D eigenvalue weighted by atomic mass is 32.2. The van der Waals surface area contributed by atoms with Gasteiger partial charge in [0.15, 0.2) is 6.61 Å². The van der Waals surface area contributed by atoms with E-state index in [1.807, 2.05) is 0 Å². The molecule has 1 unspecified atom stereocenters. The second-order valence-electron chi connectivity index (χ2n) is 6.76. The number of rotatable bonds is 8. The SMILES string of the molecule is O=C(COc1ccc(F)cc1)NNC(=O)c1ccc(S(=O)(=O)NCC2CCCO2)cc1. The van der Waals surface area contributed by atoms with Crippen LogP contribution < -0.4 is 20.3 Å². The van der Waals surface area contributed by atoms with E-state index in [1.165, 1.54) is 48.5 Å². The minimum Gasteiger partial charge on any atom is -0.484 e. The maximum atomic E-state index is 12.8. The van der Waals surface area contributed by atoms with Crippen molar-refractivity contribution in [3.05, 3.63) is 59.9 Å². The molecule has 3 N–H and O–H groups in total. The van der Waals surface area contributed by atoms with E-state index in [4.69, 9.17) is 9.47 Å². The van der Waals surface area contributed by atoms with Gasteiger partial charge in [-0.1, -0.05) is 0 Å². The van der Waals surface area contributed by atoms with Crippen LogP contribution >= 0.6 is 0 Å². The molecule has 1 aliphatic heterocycles. The fourth-order valence-corrected chi connectivity index (χ4v) is 3.86. The van der Waals surface area contributed by atoms with Crippen molar-refractivity contribution >= 4 is 21.8 Å². The lowest BCUT2D eigenvalue weighted by atomic mass is 10.2. The molecule has 1 atom stereocenters. The van der Waals surface area contributed by atoms with Gasteiger partial charge in [0.25, 0.3) is 11.8 Å². The summed E-state index contributed by atoms with van der Waals surface area (Å²) >= 11 is 0. The van der Waals surface area contributed by atoms with Gasteiger partial charge in [0, 0.05) is 18.7 Å². The number of sulfonamides is 1. The number of hydrazine groups is 1. The molecule has 1 aliphatic rings. The Labute approximate surface area is 178 Å². The molecule has 0 aromatic heterocycles. The molecular weight excluding hydrogens is 429 g/mol. The fraction of sp³-hybridized carbons (Fsp3) is 0.300. The van der Waals surface area contributed by atoms with Gasteiger partial charge in [-0.3, -0.25) is 20.4 Å². The standard InChI is InChI=1S/C20H22FN3O6S/c21-15-5-7-16(8-6-15)30-13-19(25)23-24-20(26)14-3-9-18(10-4-14)31(27,28)22-12-17-2-1-11-29-17/h3-10,17,22H,1-2,11-13H2,(H,23,25)(H,24,26). The molecule has 2 aromatic carbocycles. The van der Waals surface area contributed by atoms with Crippen LogP contribution in [-0.2, 0) is 19.6 Å². The molecular formula is C20H22FN3O6S. The van der Waals surface area contributed by atoms with Gasteiger partial charge in [0.1, 0.15) is 11.6 Å². The second kappa shape index (κ2) is 10.3. The number of halogens is 1. The fourth-order valence-electron chi connectivity index (χ4n) is 2.79. The molecule has 0 radical (unpaired) electrons. The van der Waals surface area contributed by atoms with Crippen LogP contribution in [0.5, 0.6) is 5.75 Å². The van der Waals surface area contributed by atoms with Crippen molar-refractivity contribution in [2.75, 3.05) is 19.8 Å². The van der Waals surface area contributed by atoms with E-state index in [9.17, 15) is 22.4 Å². The monoisotopic (exact) mass is 451 g/mol. The number of amides is 2. The molecule has 1 heterocycles. The number of carbonyl (C=O) groups is 2. The highest BCUT2D eigenvalue weighted by Crippen LogP contribution is 2.14. The van der Waals surface area contributed by atoms with Gasteiger partial charge in [-0.25, -0.2) is 17.5 Å². The van der Waals surface area contributed by atoms with Gasteiger partial charge in [-0.15, -0.1) is 0 Å². The lowest BCUT2D eigenvalue weighted by Crippen LogP contribution is -2.43. The van der Waals surface area contributed by atoms with Gasteiger partial charge in [0.05, 0.1) is 11.0 Å². The predicted octanol–water partition coefficient (Wildman–Crippen LogP) is 1.12. The molecule has 0 bridgehead atoms. The molecule has 2 aromatic rings. The molecule has 166 valence electrons. The molecule has 1 fully saturated rings. The van der Waals surface area contributed by atoms with E-state index in [0.29, 0.717) is 12.4 Å². The largest absolute Gasteiger partial charge is 0.484 e. The highest BCUT2D eigenvalue weighted by Gasteiger charge is 2.20. The van der Waals surface area contributed by atoms with Crippen molar-refractivity contribution in [3.8, 4) is 5.75 Å². The Kier molecular flexibility index (Phi) is 7.55. The highest BCUT2D eigenvalue weighted by molar-refractivity contribution is 7.89. The average molecular weight is 451 g/mol. The third-order valence-electron chi connectivity index (χ3n) is 4.45. The van der Waals surface area contributed by atoms with Gasteiger partial charge in [-0.2, -0.15) is 0 Å². The van der Waals surface area contributed by atoms with Crippen LogP contribution in [0, 0.1) is 5.82 Å². The van der Waals surface area contributed by atoms with Crippen LogP contribution in [0.4, 0.5) is 4.39 Å². The lowest BCUT2D eigenvalue weighted by molar-refractivity contribution is -0.123. The maximum Gasteiger partial charge on any atom is 0.276 e. The van der Waals surface area contributed by atoms with Crippen molar-refractivity contribution in [2.45, 2.75) is 23.8 Å². The summed E-state index contributed by atoms with van der Waals surface area (Å²) < 4.78 is 50.5. The zero-order chi connectivity index (χ0) is 22.3. The van der Waals surface area contributed by atoms with Crippen LogP contribution in [0.25, 0.3) is 0 Å². The first-order valence-corrected chi connectivity index (χ1v) is 11.0. The second-order valence-corrected chi connectivity index (χ2v) is 8.52. The van der Waals surface area contributed by atoms with Crippen LogP contribution in [0.15, 0.2) is 53.4 Å².